The molecule has 4 rings (SSSR count). The first-order valence-corrected chi connectivity index (χ1v) is 10.4. The first-order chi connectivity index (χ1) is 14.6. The number of rotatable bonds is 6. The number of nitrogens with one attached hydrogen (secondary N) is 1. The summed E-state index contributed by atoms with van der Waals surface area (Å²) < 4.78 is 15.9. The van der Waals surface area contributed by atoms with Crippen molar-refractivity contribution in [3.05, 3.63) is 64.9 Å². The van der Waals surface area contributed by atoms with Gasteiger partial charge in [-0.15, -0.1) is 11.3 Å². The highest BCUT2D eigenvalue weighted by Crippen LogP contribution is 2.40. The third-order valence-electron chi connectivity index (χ3n) is 5.11. The summed E-state index contributed by atoms with van der Waals surface area (Å²) >= 11 is 1.25. The van der Waals surface area contributed by atoms with Crippen LogP contribution in [0.25, 0.3) is 0 Å². The van der Waals surface area contributed by atoms with Gasteiger partial charge in [-0.2, -0.15) is 0 Å². The number of thiophene rings is 1. The maximum absolute atomic E-state index is 13.2. The van der Waals surface area contributed by atoms with Crippen molar-refractivity contribution in [1.82, 2.24) is 4.90 Å². The average molecular weight is 426 g/mol. The molecule has 1 N–H and O–H groups in total. The Morgan fingerprint density at radius 1 is 1.17 bits per heavy atom. The van der Waals surface area contributed by atoms with Crippen LogP contribution in [0.5, 0.6) is 11.5 Å². The lowest BCUT2D eigenvalue weighted by Gasteiger charge is -2.26. The van der Waals surface area contributed by atoms with Gasteiger partial charge in [-0.3, -0.25) is 9.59 Å². The van der Waals surface area contributed by atoms with Crippen LogP contribution in [-0.2, 0) is 0 Å². The number of carbonyl (C=O) groups is 2. The van der Waals surface area contributed by atoms with Crippen molar-refractivity contribution in [3.63, 3.8) is 0 Å². The largest absolute Gasteiger partial charge is 0.497 e. The van der Waals surface area contributed by atoms with Crippen molar-refractivity contribution >= 4 is 28.2 Å². The molecule has 1 aromatic carbocycles. The molecule has 3 heterocycles. The minimum absolute atomic E-state index is 0.0566. The van der Waals surface area contributed by atoms with Crippen molar-refractivity contribution in [2.24, 2.45) is 0 Å². The average Bonchev–Trinajstić information content (AvgIpc) is 3.54. The summed E-state index contributed by atoms with van der Waals surface area (Å²) in [6, 6.07) is 12.3. The standard InChI is InChI=1S/C22H22N2O5S/c1-27-14-7-8-15(18(13-14)28-2)16-5-3-11-24(16)22(26)19-9-10-20(30-19)23-21(25)17-6-4-12-29-17/h4,6-10,12-13,16H,3,5,11H2,1-2H3,(H,23,25)/t16-/m0/s1. The number of hydrogen-bond donors (Lipinski definition) is 1. The fourth-order valence-electron chi connectivity index (χ4n) is 3.67. The van der Waals surface area contributed by atoms with Crippen molar-refractivity contribution in [1.29, 1.82) is 0 Å². The van der Waals surface area contributed by atoms with Crippen LogP contribution >= 0.6 is 11.3 Å². The predicted molar refractivity (Wildman–Crippen MR) is 114 cm³/mol. The Hall–Kier alpha value is -3.26. The van der Waals surface area contributed by atoms with Gasteiger partial charge in [-0.05, 0) is 49.2 Å². The highest BCUT2D eigenvalue weighted by atomic mass is 32.1. The smallest absolute Gasteiger partial charge is 0.291 e. The molecule has 1 saturated heterocycles. The molecule has 8 heteroatoms. The second-order valence-electron chi connectivity index (χ2n) is 6.86. The zero-order valence-corrected chi connectivity index (χ0v) is 17.5. The number of methoxy groups -OCH3 is 2. The number of hydrogen-bond acceptors (Lipinski definition) is 6. The van der Waals surface area contributed by atoms with Crippen molar-refractivity contribution < 1.29 is 23.5 Å². The minimum atomic E-state index is -0.345. The minimum Gasteiger partial charge on any atom is -0.497 e. The Labute approximate surface area is 178 Å². The highest BCUT2D eigenvalue weighted by molar-refractivity contribution is 7.18. The van der Waals surface area contributed by atoms with E-state index in [-0.39, 0.29) is 23.6 Å². The van der Waals surface area contributed by atoms with Crippen LogP contribution < -0.4 is 14.8 Å². The van der Waals surface area contributed by atoms with E-state index >= 15 is 0 Å². The first-order valence-electron chi connectivity index (χ1n) is 9.58. The molecule has 2 aromatic heterocycles. The van der Waals surface area contributed by atoms with E-state index in [1.165, 1.54) is 17.6 Å². The van der Waals surface area contributed by atoms with Crippen molar-refractivity contribution in [2.45, 2.75) is 18.9 Å². The van der Waals surface area contributed by atoms with Crippen molar-refractivity contribution in [2.75, 3.05) is 26.1 Å². The lowest BCUT2D eigenvalue weighted by Crippen LogP contribution is -2.30. The number of benzene rings is 1. The predicted octanol–water partition coefficient (Wildman–Crippen LogP) is 4.59. The molecule has 30 heavy (non-hydrogen) atoms. The summed E-state index contributed by atoms with van der Waals surface area (Å²) in [5.41, 5.74) is 0.965. The molecular weight excluding hydrogens is 404 g/mol. The second kappa shape index (κ2) is 8.62. The molecule has 0 unspecified atom stereocenters. The van der Waals surface area contributed by atoms with E-state index in [2.05, 4.69) is 5.32 Å². The Morgan fingerprint density at radius 3 is 2.77 bits per heavy atom. The van der Waals surface area contributed by atoms with Gasteiger partial charge in [0.15, 0.2) is 5.76 Å². The van der Waals surface area contributed by atoms with E-state index in [1.807, 2.05) is 23.1 Å². The molecule has 0 saturated carbocycles. The van der Waals surface area contributed by atoms with Gasteiger partial charge < -0.3 is 24.1 Å². The topological polar surface area (TPSA) is 81.0 Å². The molecule has 0 aliphatic carbocycles. The van der Waals surface area contributed by atoms with Crippen LogP contribution in [-0.4, -0.2) is 37.5 Å². The number of nitrogens with zero attached hydrogens (tertiary/aromatic N) is 1. The summed E-state index contributed by atoms with van der Waals surface area (Å²) in [5.74, 6) is 1.24. The molecular formula is C22H22N2O5S. The zero-order valence-electron chi connectivity index (χ0n) is 16.7. The van der Waals surface area contributed by atoms with Crippen LogP contribution in [0.3, 0.4) is 0 Å². The quantitative estimate of drug-likeness (QED) is 0.624. The number of ether oxygens (including phenoxy) is 2. The third-order valence-corrected chi connectivity index (χ3v) is 6.10. The van der Waals surface area contributed by atoms with Gasteiger partial charge in [0.05, 0.1) is 36.4 Å². The number of amides is 2. The fraction of sp³-hybridized carbons (Fsp3) is 0.273. The van der Waals surface area contributed by atoms with Gasteiger partial charge in [-0.25, -0.2) is 0 Å². The van der Waals surface area contributed by atoms with Gasteiger partial charge in [0.25, 0.3) is 11.8 Å². The molecule has 0 spiro atoms. The number of likely N-dealkylation sites (tertiary alicyclic amines) is 1. The normalized spacial score (nSPS) is 15.8. The van der Waals surface area contributed by atoms with Gasteiger partial charge in [-0.1, -0.05) is 0 Å². The highest BCUT2D eigenvalue weighted by Gasteiger charge is 2.33. The summed E-state index contributed by atoms with van der Waals surface area (Å²) in [6.45, 7) is 0.671. The molecule has 1 aliphatic heterocycles. The summed E-state index contributed by atoms with van der Waals surface area (Å²) in [4.78, 5) is 27.8. The Morgan fingerprint density at radius 2 is 2.03 bits per heavy atom. The Kier molecular flexibility index (Phi) is 5.76. The zero-order chi connectivity index (χ0) is 21.1. The molecule has 3 aromatic rings. The van der Waals surface area contributed by atoms with E-state index in [9.17, 15) is 9.59 Å². The van der Waals surface area contributed by atoms with E-state index in [0.29, 0.717) is 27.9 Å². The molecule has 2 amide bonds. The Bertz CT molecular complexity index is 1040. The molecule has 156 valence electrons. The number of anilines is 1. The van der Waals surface area contributed by atoms with Crippen LogP contribution in [0.1, 0.15) is 44.7 Å². The van der Waals surface area contributed by atoms with Gasteiger partial charge >= 0.3 is 0 Å². The second-order valence-corrected chi connectivity index (χ2v) is 7.94. The maximum atomic E-state index is 13.2. The number of furan rings is 1. The van der Waals surface area contributed by atoms with Crippen LogP contribution in [0, 0.1) is 0 Å². The molecule has 7 nitrogen and oxygen atoms in total. The fourth-order valence-corrected chi connectivity index (χ4v) is 4.53. The summed E-state index contributed by atoms with van der Waals surface area (Å²) in [6.07, 6.45) is 3.22. The van der Waals surface area contributed by atoms with Gasteiger partial charge in [0.1, 0.15) is 11.5 Å². The maximum Gasteiger partial charge on any atom is 0.291 e. The SMILES string of the molecule is COc1ccc([C@@H]2CCCN2C(=O)c2ccc(NC(=O)c3ccco3)s2)c(OC)c1. The van der Waals surface area contributed by atoms with E-state index in [0.717, 1.165) is 18.4 Å². The lowest BCUT2D eigenvalue weighted by atomic mass is 10.0. The molecule has 1 aliphatic rings. The van der Waals surface area contributed by atoms with Gasteiger partial charge in [0, 0.05) is 18.2 Å². The molecule has 0 radical (unpaired) electrons. The molecule has 0 bridgehead atoms. The van der Waals surface area contributed by atoms with E-state index in [4.69, 9.17) is 13.9 Å². The lowest BCUT2D eigenvalue weighted by molar-refractivity contribution is 0.0739. The van der Waals surface area contributed by atoms with Crippen LogP contribution in [0.15, 0.2) is 53.1 Å². The molecule has 1 fully saturated rings. The monoisotopic (exact) mass is 426 g/mol. The van der Waals surface area contributed by atoms with Crippen LogP contribution in [0.4, 0.5) is 5.00 Å². The molecule has 1 atom stereocenters. The third kappa shape index (κ3) is 3.91. The van der Waals surface area contributed by atoms with Gasteiger partial charge in [0.2, 0.25) is 0 Å². The number of carbonyl (C=O) groups excluding carboxylic acids is 2. The van der Waals surface area contributed by atoms with E-state index < -0.39 is 0 Å². The first kappa shape index (κ1) is 20.0. The van der Waals surface area contributed by atoms with E-state index in [1.54, 1.807) is 38.5 Å². The van der Waals surface area contributed by atoms with Crippen LogP contribution in [0.2, 0.25) is 0 Å². The summed E-state index contributed by atoms with van der Waals surface area (Å²) in [5, 5.41) is 3.36. The van der Waals surface area contributed by atoms with Crippen molar-refractivity contribution in [3.8, 4) is 11.5 Å². The summed E-state index contributed by atoms with van der Waals surface area (Å²) in [7, 11) is 3.23. The Balaban J connectivity index is 1.52.